The fraction of sp³-hybridized carbons (Fsp3) is 0.217. The topological polar surface area (TPSA) is 60.5 Å². The largest absolute Gasteiger partial charge is 0.490 e. The van der Waals surface area contributed by atoms with Gasteiger partial charge < -0.3 is 14.8 Å². The highest BCUT2D eigenvalue weighted by atomic mass is 16.5. The van der Waals surface area contributed by atoms with Crippen LogP contribution < -0.4 is 14.8 Å². The van der Waals surface area contributed by atoms with Gasteiger partial charge in [0.25, 0.3) is 5.91 Å². The highest BCUT2D eigenvalue weighted by Crippen LogP contribution is 2.33. The monoisotopic (exact) mass is 374 g/mol. The van der Waals surface area contributed by atoms with E-state index in [4.69, 9.17) is 9.47 Å². The van der Waals surface area contributed by atoms with Crippen molar-refractivity contribution in [1.29, 1.82) is 0 Å². The van der Waals surface area contributed by atoms with Crippen molar-refractivity contribution >= 4 is 5.91 Å². The molecule has 0 radical (unpaired) electrons. The van der Waals surface area contributed by atoms with Crippen molar-refractivity contribution < 1.29 is 14.3 Å². The van der Waals surface area contributed by atoms with Crippen molar-refractivity contribution in [3.05, 3.63) is 89.7 Å². The van der Waals surface area contributed by atoms with Crippen LogP contribution in [0, 0.1) is 0 Å². The van der Waals surface area contributed by atoms with Crippen LogP contribution in [0.5, 0.6) is 11.5 Å². The number of pyridine rings is 1. The van der Waals surface area contributed by atoms with Gasteiger partial charge in [-0.1, -0.05) is 42.5 Å². The molecule has 4 rings (SSSR count). The third kappa shape index (κ3) is 4.31. The number of amides is 1. The molecule has 0 saturated heterocycles. The molecule has 0 spiro atoms. The van der Waals surface area contributed by atoms with E-state index in [0.717, 1.165) is 29.0 Å². The molecule has 1 amide bonds. The summed E-state index contributed by atoms with van der Waals surface area (Å²) in [4.78, 5) is 16.9. The molecule has 2 heterocycles. The molecule has 0 bridgehead atoms. The van der Waals surface area contributed by atoms with E-state index < -0.39 is 0 Å². The van der Waals surface area contributed by atoms with E-state index in [1.807, 2.05) is 42.5 Å². The maximum Gasteiger partial charge on any atom is 0.270 e. The number of hydrogen-bond acceptors (Lipinski definition) is 4. The summed E-state index contributed by atoms with van der Waals surface area (Å²) in [6.45, 7) is 1.27. The van der Waals surface area contributed by atoms with E-state index in [2.05, 4.69) is 22.4 Å². The van der Waals surface area contributed by atoms with E-state index in [9.17, 15) is 4.79 Å². The number of hydrogen-bond donors (Lipinski definition) is 1. The molecule has 0 fully saturated rings. The van der Waals surface area contributed by atoms with Crippen LogP contribution in [0.4, 0.5) is 0 Å². The number of carbonyl (C=O) groups excluding carboxylic acids is 1. The Morgan fingerprint density at radius 2 is 1.75 bits per heavy atom. The van der Waals surface area contributed by atoms with Crippen molar-refractivity contribution in [2.45, 2.75) is 18.9 Å². The van der Waals surface area contributed by atoms with Gasteiger partial charge in [-0.2, -0.15) is 0 Å². The number of benzene rings is 2. The summed E-state index contributed by atoms with van der Waals surface area (Å²) in [5.41, 5.74) is 2.51. The Kier molecular flexibility index (Phi) is 5.52. The Labute approximate surface area is 164 Å². The molecule has 5 heteroatoms. The summed E-state index contributed by atoms with van der Waals surface area (Å²) in [5, 5.41) is 3.12. The summed E-state index contributed by atoms with van der Waals surface area (Å²) < 4.78 is 11.6. The minimum absolute atomic E-state index is 0.200. The van der Waals surface area contributed by atoms with E-state index >= 15 is 0 Å². The van der Waals surface area contributed by atoms with Crippen LogP contribution in [-0.2, 0) is 6.42 Å². The molecular weight excluding hydrogens is 352 g/mol. The van der Waals surface area contributed by atoms with Crippen LogP contribution in [0.2, 0.25) is 0 Å². The molecule has 1 N–H and O–H groups in total. The first-order valence-electron chi connectivity index (χ1n) is 9.45. The Morgan fingerprint density at radius 1 is 0.964 bits per heavy atom. The number of nitrogens with one attached hydrogen (secondary N) is 1. The molecule has 3 aromatic rings. The van der Waals surface area contributed by atoms with Crippen LogP contribution in [0.1, 0.15) is 34.1 Å². The highest BCUT2D eigenvalue weighted by molar-refractivity contribution is 5.92. The van der Waals surface area contributed by atoms with Crippen molar-refractivity contribution in [3.8, 4) is 11.5 Å². The van der Waals surface area contributed by atoms with E-state index in [1.54, 1.807) is 18.3 Å². The lowest BCUT2D eigenvalue weighted by Crippen LogP contribution is -2.30. The second-order valence-electron chi connectivity index (χ2n) is 6.69. The number of rotatable bonds is 5. The molecule has 2 aromatic carbocycles. The lowest BCUT2D eigenvalue weighted by molar-refractivity contribution is 0.0931. The van der Waals surface area contributed by atoms with Crippen molar-refractivity contribution in [1.82, 2.24) is 10.3 Å². The fourth-order valence-electron chi connectivity index (χ4n) is 3.23. The zero-order valence-corrected chi connectivity index (χ0v) is 15.5. The molecule has 0 aliphatic carbocycles. The second kappa shape index (κ2) is 8.57. The molecule has 1 aliphatic rings. The van der Waals surface area contributed by atoms with Gasteiger partial charge in [0.2, 0.25) is 0 Å². The third-order valence-corrected chi connectivity index (χ3v) is 4.66. The number of aromatic nitrogens is 1. The van der Waals surface area contributed by atoms with Crippen molar-refractivity contribution in [2.24, 2.45) is 0 Å². The molecule has 28 heavy (non-hydrogen) atoms. The van der Waals surface area contributed by atoms with Gasteiger partial charge in [-0.15, -0.1) is 0 Å². The first-order valence-corrected chi connectivity index (χ1v) is 9.45. The number of ether oxygens (including phenoxy) is 2. The lowest BCUT2D eigenvalue weighted by atomic mass is 9.98. The summed E-state index contributed by atoms with van der Waals surface area (Å²) in [5.74, 6) is 1.27. The number of fused-ring (bicyclic) bond motifs is 1. The van der Waals surface area contributed by atoms with Crippen LogP contribution >= 0.6 is 0 Å². The van der Waals surface area contributed by atoms with E-state index in [-0.39, 0.29) is 11.9 Å². The Morgan fingerprint density at radius 3 is 2.54 bits per heavy atom. The predicted molar refractivity (Wildman–Crippen MR) is 107 cm³/mol. The molecule has 1 aliphatic heterocycles. The summed E-state index contributed by atoms with van der Waals surface area (Å²) in [6, 6.07) is 21.1. The summed E-state index contributed by atoms with van der Waals surface area (Å²) >= 11 is 0. The molecule has 5 nitrogen and oxygen atoms in total. The van der Waals surface area contributed by atoms with Crippen LogP contribution in [0.15, 0.2) is 72.9 Å². The molecule has 1 atom stereocenters. The van der Waals surface area contributed by atoms with Gasteiger partial charge in [0.15, 0.2) is 11.5 Å². The average molecular weight is 374 g/mol. The second-order valence-corrected chi connectivity index (χ2v) is 6.69. The number of carbonyl (C=O) groups is 1. The quantitative estimate of drug-likeness (QED) is 0.734. The van der Waals surface area contributed by atoms with E-state index in [0.29, 0.717) is 25.3 Å². The summed E-state index contributed by atoms with van der Waals surface area (Å²) in [6.07, 6.45) is 3.14. The fourth-order valence-corrected chi connectivity index (χ4v) is 3.23. The van der Waals surface area contributed by atoms with Gasteiger partial charge in [-0.3, -0.25) is 9.78 Å². The highest BCUT2D eigenvalue weighted by Gasteiger charge is 2.20. The minimum Gasteiger partial charge on any atom is -0.490 e. The van der Waals surface area contributed by atoms with Gasteiger partial charge in [0.05, 0.1) is 19.3 Å². The molecule has 0 saturated carbocycles. The Balaban J connectivity index is 1.62. The van der Waals surface area contributed by atoms with Crippen molar-refractivity contribution in [2.75, 3.05) is 13.2 Å². The van der Waals surface area contributed by atoms with Crippen LogP contribution in [0.3, 0.4) is 0 Å². The van der Waals surface area contributed by atoms with Gasteiger partial charge >= 0.3 is 0 Å². The van der Waals surface area contributed by atoms with Crippen LogP contribution in [-0.4, -0.2) is 24.1 Å². The summed E-state index contributed by atoms with van der Waals surface area (Å²) in [7, 11) is 0. The predicted octanol–water partition coefficient (Wildman–Crippen LogP) is 3.96. The maximum absolute atomic E-state index is 12.7. The normalized spacial score (nSPS) is 14.0. The zero-order valence-electron chi connectivity index (χ0n) is 15.5. The van der Waals surface area contributed by atoms with Gasteiger partial charge in [0, 0.05) is 12.6 Å². The van der Waals surface area contributed by atoms with Crippen molar-refractivity contribution in [3.63, 3.8) is 0 Å². The van der Waals surface area contributed by atoms with Gasteiger partial charge in [-0.25, -0.2) is 0 Å². The van der Waals surface area contributed by atoms with Gasteiger partial charge in [-0.05, 0) is 41.8 Å². The molecular formula is C23H22N2O3. The Bertz CT molecular complexity index is 929. The molecule has 142 valence electrons. The maximum atomic E-state index is 12.7. The standard InChI is InChI=1S/C23H22N2O3/c26-23(19-9-4-5-12-24-19)25-20(15-17-7-2-1-3-8-17)18-10-11-21-22(16-18)28-14-6-13-27-21/h1-5,7-12,16,20H,6,13-15H2,(H,25,26). The average Bonchev–Trinajstić information content (AvgIpc) is 2.99. The SMILES string of the molecule is O=C(NC(Cc1ccccc1)c1ccc2c(c1)OCCCO2)c1ccccn1. The van der Waals surface area contributed by atoms with Gasteiger partial charge in [0.1, 0.15) is 5.69 Å². The smallest absolute Gasteiger partial charge is 0.270 e. The lowest BCUT2D eigenvalue weighted by Gasteiger charge is -2.21. The third-order valence-electron chi connectivity index (χ3n) is 4.66. The van der Waals surface area contributed by atoms with E-state index in [1.165, 1.54) is 0 Å². The number of nitrogens with zero attached hydrogens (tertiary/aromatic N) is 1. The molecule has 1 aromatic heterocycles. The first-order chi connectivity index (χ1) is 13.8. The first kappa shape index (κ1) is 18.0. The Hall–Kier alpha value is -3.34. The van der Waals surface area contributed by atoms with Crippen LogP contribution in [0.25, 0.3) is 0 Å². The zero-order chi connectivity index (χ0) is 19.2. The minimum atomic E-state index is -0.214. The molecule has 1 unspecified atom stereocenters.